The number of hydrogen-bond acceptors (Lipinski definition) is 5. The van der Waals surface area contributed by atoms with Gasteiger partial charge in [-0.3, -0.25) is 9.88 Å². The summed E-state index contributed by atoms with van der Waals surface area (Å²) >= 11 is 5.81. The Morgan fingerprint density at radius 2 is 1.93 bits per heavy atom. The molecule has 1 saturated heterocycles. The van der Waals surface area contributed by atoms with Crippen LogP contribution in [-0.2, 0) is 20.2 Å². The molecular formula is C21H23ClFN5O. The first-order chi connectivity index (χ1) is 14.1. The molecule has 2 aromatic heterocycles. The van der Waals surface area contributed by atoms with E-state index in [-0.39, 0.29) is 18.3 Å². The summed E-state index contributed by atoms with van der Waals surface area (Å²) in [6.07, 6.45) is 9.02. The van der Waals surface area contributed by atoms with Gasteiger partial charge in [-0.15, -0.1) is 0 Å². The highest BCUT2D eigenvalue weighted by atomic mass is 35.5. The third-order valence-electron chi connectivity index (χ3n) is 5.33. The lowest BCUT2D eigenvalue weighted by molar-refractivity contribution is 0.193. The van der Waals surface area contributed by atoms with E-state index in [0.717, 1.165) is 44.0 Å². The molecule has 8 heteroatoms. The topological polar surface area (TPSA) is 56.1 Å². The number of ether oxygens (including phenoxy) is 1. The number of likely N-dealkylation sites (tertiary alicyclic amines) is 1. The third-order valence-corrected chi connectivity index (χ3v) is 5.57. The summed E-state index contributed by atoms with van der Waals surface area (Å²) in [5.74, 6) is 1.43. The number of rotatable bonds is 6. The highest BCUT2D eigenvalue weighted by molar-refractivity contribution is 6.30. The summed E-state index contributed by atoms with van der Waals surface area (Å²) in [6, 6.07) is 4.57. The Morgan fingerprint density at radius 3 is 2.66 bits per heavy atom. The highest BCUT2D eigenvalue weighted by Gasteiger charge is 2.25. The van der Waals surface area contributed by atoms with Crippen molar-refractivity contribution in [3.05, 3.63) is 70.9 Å². The van der Waals surface area contributed by atoms with E-state index in [9.17, 15) is 4.39 Å². The molecule has 0 spiro atoms. The number of hydrogen-bond donors (Lipinski definition) is 0. The predicted molar refractivity (Wildman–Crippen MR) is 108 cm³/mol. The van der Waals surface area contributed by atoms with Gasteiger partial charge < -0.3 is 9.30 Å². The van der Waals surface area contributed by atoms with Crippen molar-refractivity contribution in [3.63, 3.8) is 0 Å². The van der Waals surface area contributed by atoms with Crippen LogP contribution in [0.15, 0.2) is 43.0 Å². The normalized spacial score (nSPS) is 15.6. The second kappa shape index (κ2) is 8.88. The van der Waals surface area contributed by atoms with Gasteiger partial charge in [-0.05, 0) is 38.1 Å². The van der Waals surface area contributed by atoms with E-state index in [4.69, 9.17) is 16.3 Å². The van der Waals surface area contributed by atoms with Gasteiger partial charge >= 0.3 is 0 Å². The van der Waals surface area contributed by atoms with E-state index >= 15 is 0 Å². The Kier molecular flexibility index (Phi) is 6.06. The van der Waals surface area contributed by atoms with Gasteiger partial charge in [0.1, 0.15) is 23.9 Å². The van der Waals surface area contributed by atoms with Gasteiger partial charge in [0.25, 0.3) is 0 Å². The summed E-state index contributed by atoms with van der Waals surface area (Å²) in [6.45, 7) is 2.85. The molecule has 0 saturated carbocycles. The maximum atomic E-state index is 14.0. The summed E-state index contributed by atoms with van der Waals surface area (Å²) < 4.78 is 21.9. The minimum absolute atomic E-state index is 0.0900. The van der Waals surface area contributed by atoms with Crippen LogP contribution in [0.25, 0.3) is 0 Å². The van der Waals surface area contributed by atoms with E-state index < -0.39 is 0 Å². The molecule has 0 atom stereocenters. The zero-order valence-corrected chi connectivity index (χ0v) is 17.0. The molecule has 1 aliphatic heterocycles. The largest absolute Gasteiger partial charge is 0.471 e. The molecule has 0 bridgehead atoms. The first-order valence-corrected chi connectivity index (χ1v) is 10.0. The molecule has 0 unspecified atom stereocenters. The zero-order valence-electron chi connectivity index (χ0n) is 16.3. The van der Waals surface area contributed by atoms with Crippen LogP contribution in [0, 0.1) is 5.82 Å². The fourth-order valence-corrected chi connectivity index (χ4v) is 3.78. The Labute approximate surface area is 174 Å². The Bertz CT molecular complexity index is 971. The van der Waals surface area contributed by atoms with Crippen molar-refractivity contribution in [1.29, 1.82) is 0 Å². The lowest BCUT2D eigenvalue weighted by Gasteiger charge is -2.31. The van der Waals surface area contributed by atoms with Crippen molar-refractivity contribution >= 4 is 11.6 Å². The molecule has 0 N–H and O–H groups in total. The van der Waals surface area contributed by atoms with Crippen LogP contribution in [0.3, 0.4) is 0 Å². The van der Waals surface area contributed by atoms with Gasteiger partial charge in [0.2, 0.25) is 5.88 Å². The molecule has 152 valence electrons. The Balaban J connectivity index is 1.39. The van der Waals surface area contributed by atoms with Crippen molar-refractivity contribution < 1.29 is 9.13 Å². The lowest BCUT2D eigenvalue weighted by Crippen LogP contribution is -2.33. The van der Waals surface area contributed by atoms with Crippen LogP contribution in [-0.4, -0.2) is 37.5 Å². The standard InChI is InChI=1S/C21H23ClFN5O/c1-27-11-8-24-19(27)13-28-9-4-15(5-10-28)20-21(26-7-6-25-20)29-14-16-2-3-17(22)12-18(16)23/h2-3,6-8,11-12,15H,4-5,9-10,13-14H2,1H3. The smallest absolute Gasteiger partial charge is 0.236 e. The van der Waals surface area contributed by atoms with E-state index in [1.165, 1.54) is 6.07 Å². The average Bonchev–Trinajstić information content (AvgIpc) is 3.13. The predicted octanol–water partition coefficient (Wildman–Crippen LogP) is 3.96. The van der Waals surface area contributed by atoms with Crippen molar-refractivity contribution in [2.24, 2.45) is 7.05 Å². The molecule has 4 rings (SSSR count). The number of halogens is 2. The maximum Gasteiger partial charge on any atom is 0.236 e. The van der Waals surface area contributed by atoms with Gasteiger partial charge in [-0.1, -0.05) is 17.7 Å². The molecule has 0 aliphatic carbocycles. The van der Waals surface area contributed by atoms with Crippen molar-refractivity contribution in [2.45, 2.75) is 31.9 Å². The fraction of sp³-hybridized carbons (Fsp3) is 0.381. The summed E-state index contributed by atoms with van der Waals surface area (Å²) in [7, 11) is 2.02. The molecule has 3 aromatic rings. The summed E-state index contributed by atoms with van der Waals surface area (Å²) in [4.78, 5) is 15.7. The molecule has 0 radical (unpaired) electrons. The van der Waals surface area contributed by atoms with Crippen molar-refractivity contribution in [2.75, 3.05) is 13.1 Å². The Hall–Kier alpha value is -2.51. The molecule has 29 heavy (non-hydrogen) atoms. The van der Waals surface area contributed by atoms with Crippen LogP contribution in [0.4, 0.5) is 4.39 Å². The van der Waals surface area contributed by atoms with Crippen LogP contribution in [0.1, 0.15) is 35.8 Å². The third kappa shape index (κ3) is 4.74. The maximum absolute atomic E-state index is 14.0. The second-order valence-electron chi connectivity index (χ2n) is 7.28. The number of benzene rings is 1. The molecule has 1 aromatic carbocycles. The first kappa shape index (κ1) is 19.8. The minimum Gasteiger partial charge on any atom is -0.471 e. The van der Waals surface area contributed by atoms with Crippen LogP contribution >= 0.6 is 11.6 Å². The van der Waals surface area contributed by atoms with Crippen molar-refractivity contribution in [1.82, 2.24) is 24.4 Å². The van der Waals surface area contributed by atoms with E-state index in [1.807, 2.05) is 19.4 Å². The fourth-order valence-electron chi connectivity index (χ4n) is 3.63. The van der Waals surface area contributed by atoms with E-state index in [1.54, 1.807) is 24.5 Å². The zero-order chi connectivity index (χ0) is 20.2. The molecule has 3 heterocycles. The molecular weight excluding hydrogens is 393 g/mol. The monoisotopic (exact) mass is 415 g/mol. The number of imidazole rings is 1. The van der Waals surface area contributed by atoms with Gasteiger partial charge in [-0.2, -0.15) is 0 Å². The molecule has 0 amide bonds. The SMILES string of the molecule is Cn1ccnc1CN1CCC(c2nccnc2OCc2ccc(Cl)cc2F)CC1. The number of aryl methyl sites for hydroxylation is 1. The number of piperidine rings is 1. The van der Waals surface area contributed by atoms with Crippen molar-refractivity contribution in [3.8, 4) is 5.88 Å². The summed E-state index contributed by atoms with van der Waals surface area (Å²) in [5, 5.41) is 0.365. The second-order valence-corrected chi connectivity index (χ2v) is 7.71. The Morgan fingerprint density at radius 1 is 1.14 bits per heavy atom. The van der Waals surface area contributed by atoms with E-state index in [2.05, 4.69) is 24.4 Å². The summed E-state index contributed by atoms with van der Waals surface area (Å²) in [5.41, 5.74) is 1.29. The van der Waals surface area contributed by atoms with Crippen LogP contribution in [0.5, 0.6) is 5.88 Å². The highest BCUT2D eigenvalue weighted by Crippen LogP contribution is 2.32. The van der Waals surface area contributed by atoms with Gasteiger partial charge in [-0.25, -0.2) is 14.4 Å². The van der Waals surface area contributed by atoms with Gasteiger partial charge in [0.05, 0.1) is 6.54 Å². The molecule has 1 fully saturated rings. The van der Waals surface area contributed by atoms with Crippen LogP contribution < -0.4 is 4.74 Å². The minimum atomic E-state index is -0.384. The quantitative estimate of drug-likeness (QED) is 0.610. The number of nitrogens with zero attached hydrogens (tertiary/aromatic N) is 5. The average molecular weight is 416 g/mol. The first-order valence-electron chi connectivity index (χ1n) is 9.66. The number of aromatic nitrogens is 4. The van der Waals surface area contributed by atoms with Gasteiger partial charge in [0, 0.05) is 48.3 Å². The van der Waals surface area contributed by atoms with Crippen LogP contribution in [0.2, 0.25) is 5.02 Å². The van der Waals surface area contributed by atoms with E-state index in [0.29, 0.717) is 16.5 Å². The van der Waals surface area contributed by atoms with Gasteiger partial charge in [0.15, 0.2) is 0 Å². The molecule has 6 nitrogen and oxygen atoms in total. The molecule has 1 aliphatic rings. The lowest BCUT2D eigenvalue weighted by atomic mass is 9.93.